The summed E-state index contributed by atoms with van der Waals surface area (Å²) in [5.74, 6) is -0.340. The number of methoxy groups -OCH3 is 1. The Morgan fingerprint density at radius 1 is 1.53 bits per heavy atom. The van der Waals surface area contributed by atoms with Crippen LogP contribution in [0.5, 0.6) is 0 Å². The van der Waals surface area contributed by atoms with Crippen molar-refractivity contribution in [2.45, 2.75) is 45.2 Å². The van der Waals surface area contributed by atoms with Gasteiger partial charge in [0.2, 0.25) is 11.8 Å². The van der Waals surface area contributed by atoms with Crippen molar-refractivity contribution in [3.63, 3.8) is 0 Å². The largest absolute Gasteiger partial charge is 0.383 e. The Labute approximate surface area is 114 Å². The number of carbonyl (C=O) groups excluding carboxylic acids is 2. The molecule has 3 atom stereocenters. The predicted octanol–water partition coefficient (Wildman–Crippen LogP) is -0.229. The Hall–Kier alpha value is -1.14. The molecule has 1 rings (SSSR count). The molecule has 19 heavy (non-hydrogen) atoms. The lowest BCUT2D eigenvalue weighted by atomic mass is 9.84. The molecule has 1 aliphatic rings. The van der Waals surface area contributed by atoms with Gasteiger partial charge in [0.1, 0.15) is 6.04 Å². The van der Waals surface area contributed by atoms with Crippen LogP contribution in [-0.2, 0) is 14.3 Å². The lowest BCUT2D eigenvalue weighted by Gasteiger charge is -2.29. The number of hydrogen-bond donors (Lipinski definition) is 3. The maximum atomic E-state index is 12.2. The number of ether oxygens (including phenoxy) is 1. The Morgan fingerprint density at radius 3 is 2.74 bits per heavy atom. The van der Waals surface area contributed by atoms with Crippen molar-refractivity contribution in [1.29, 1.82) is 0 Å². The van der Waals surface area contributed by atoms with Crippen LogP contribution in [0.2, 0.25) is 0 Å². The Bertz CT molecular complexity index is 335. The minimum Gasteiger partial charge on any atom is -0.383 e. The first-order valence-electron chi connectivity index (χ1n) is 6.75. The maximum Gasteiger partial charge on any atom is 0.242 e. The van der Waals surface area contributed by atoms with Crippen LogP contribution >= 0.6 is 0 Å². The molecule has 2 amide bonds. The normalized spacial score (nSPS) is 27.9. The van der Waals surface area contributed by atoms with E-state index in [1.54, 1.807) is 14.0 Å². The average Bonchev–Trinajstić information content (AvgIpc) is 2.71. The molecule has 0 aromatic heterocycles. The highest BCUT2D eigenvalue weighted by molar-refractivity contribution is 5.90. The second-order valence-electron chi connectivity index (χ2n) is 5.40. The van der Waals surface area contributed by atoms with E-state index in [0.29, 0.717) is 13.2 Å². The van der Waals surface area contributed by atoms with Gasteiger partial charge in [0.15, 0.2) is 0 Å². The van der Waals surface area contributed by atoms with E-state index < -0.39 is 11.5 Å². The summed E-state index contributed by atoms with van der Waals surface area (Å²) < 4.78 is 4.85. The lowest BCUT2D eigenvalue weighted by molar-refractivity contribution is -0.134. The molecule has 0 spiro atoms. The molecule has 6 nitrogen and oxygen atoms in total. The van der Waals surface area contributed by atoms with Crippen LogP contribution in [0.15, 0.2) is 0 Å². The second-order valence-corrected chi connectivity index (χ2v) is 5.40. The fourth-order valence-electron chi connectivity index (χ4n) is 2.33. The molecule has 0 heterocycles. The van der Waals surface area contributed by atoms with Crippen LogP contribution in [0.3, 0.4) is 0 Å². The molecule has 3 unspecified atom stereocenters. The minimum atomic E-state index is -0.561. The third-order valence-corrected chi connectivity index (χ3v) is 3.89. The number of hydrogen-bond acceptors (Lipinski definition) is 4. The topological polar surface area (TPSA) is 93.5 Å². The van der Waals surface area contributed by atoms with Crippen molar-refractivity contribution in [1.82, 2.24) is 10.6 Å². The summed E-state index contributed by atoms with van der Waals surface area (Å²) >= 11 is 0. The van der Waals surface area contributed by atoms with Crippen LogP contribution in [0.4, 0.5) is 0 Å². The molecule has 0 saturated heterocycles. The summed E-state index contributed by atoms with van der Waals surface area (Å²) in [7, 11) is 1.57. The molecular formula is C13H25N3O3. The summed E-state index contributed by atoms with van der Waals surface area (Å²) in [6.45, 7) is 4.43. The number of amides is 2. The molecule has 1 fully saturated rings. The van der Waals surface area contributed by atoms with E-state index in [4.69, 9.17) is 10.5 Å². The van der Waals surface area contributed by atoms with Crippen LogP contribution in [0, 0.1) is 5.41 Å². The third-order valence-electron chi connectivity index (χ3n) is 3.89. The first kappa shape index (κ1) is 15.9. The van der Waals surface area contributed by atoms with Gasteiger partial charge in [-0.3, -0.25) is 9.59 Å². The first-order chi connectivity index (χ1) is 8.91. The van der Waals surface area contributed by atoms with E-state index in [2.05, 4.69) is 10.6 Å². The zero-order chi connectivity index (χ0) is 14.5. The highest BCUT2D eigenvalue weighted by Gasteiger charge is 2.43. The Kier molecular flexibility index (Phi) is 5.75. The molecule has 0 aromatic rings. The summed E-state index contributed by atoms with van der Waals surface area (Å²) in [5.41, 5.74) is 5.43. The third kappa shape index (κ3) is 3.91. The van der Waals surface area contributed by atoms with Crippen LogP contribution in [-0.4, -0.2) is 44.2 Å². The molecule has 0 radical (unpaired) electrons. The number of nitrogens with two attached hydrogens (primary N) is 1. The quantitative estimate of drug-likeness (QED) is 0.582. The maximum absolute atomic E-state index is 12.2. The van der Waals surface area contributed by atoms with Gasteiger partial charge in [0, 0.05) is 19.7 Å². The zero-order valence-corrected chi connectivity index (χ0v) is 12.0. The van der Waals surface area contributed by atoms with Crippen molar-refractivity contribution in [2.75, 3.05) is 20.3 Å². The summed E-state index contributed by atoms with van der Waals surface area (Å²) in [6.07, 6.45) is 2.59. The SMILES string of the molecule is COCCNC(=O)C(C)NC(=O)C1(C)CCCC1N. The second kappa shape index (κ2) is 6.86. The smallest absolute Gasteiger partial charge is 0.242 e. The van der Waals surface area contributed by atoms with E-state index in [1.165, 1.54) is 0 Å². The van der Waals surface area contributed by atoms with Gasteiger partial charge in [-0.25, -0.2) is 0 Å². The fraction of sp³-hybridized carbons (Fsp3) is 0.846. The minimum absolute atomic E-state index is 0.128. The number of nitrogens with one attached hydrogen (secondary N) is 2. The van der Waals surface area contributed by atoms with E-state index in [1.807, 2.05) is 6.92 Å². The van der Waals surface area contributed by atoms with Crippen LogP contribution < -0.4 is 16.4 Å². The highest BCUT2D eigenvalue weighted by atomic mass is 16.5. The van der Waals surface area contributed by atoms with Gasteiger partial charge in [-0.1, -0.05) is 6.42 Å². The molecule has 6 heteroatoms. The van der Waals surface area contributed by atoms with Crippen molar-refractivity contribution in [3.05, 3.63) is 0 Å². The van der Waals surface area contributed by atoms with Crippen molar-refractivity contribution >= 4 is 11.8 Å². The lowest BCUT2D eigenvalue weighted by Crippen LogP contribution is -2.53. The summed E-state index contributed by atoms with van der Waals surface area (Å²) in [4.78, 5) is 24.0. The molecule has 0 aliphatic heterocycles. The van der Waals surface area contributed by atoms with Gasteiger partial charge in [-0.15, -0.1) is 0 Å². The van der Waals surface area contributed by atoms with Gasteiger partial charge < -0.3 is 21.1 Å². The van der Waals surface area contributed by atoms with Crippen LogP contribution in [0.25, 0.3) is 0 Å². The van der Waals surface area contributed by atoms with Gasteiger partial charge >= 0.3 is 0 Å². The average molecular weight is 271 g/mol. The molecular weight excluding hydrogens is 246 g/mol. The summed E-state index contributed by atoms with van der Waals surface area (Å²) in [5, 5.41) is 5.44. The van der Waals surface area contributed by atoms with Gasteiger partial charge in [0.25, 0.3) is 0 Å². The van der Waals surface area contributed by atoms with E-state index in [9.17, 15) is 9.59 Å². The Morgan fingerprint density at radius 2 is 2.21 bits per heavy atom. The van der Waals surface area contributed by atoms with E-state index >= 15 is 0 Å². The summed E-state index contributed by atoms with van der Waals surface area (Å²) in [6, 6.07) is -0.690. The van der Waals surface area contributed by atoms with Gasteiger partial charge in [-0.2, -0.15) is 0 Å². The predicted molar refractivity (Wildman–Crippen MR) is 72.4 cm³/mol. The van der Waals surface area contributed by atoms with Crippen molar-refractivity contribution in [2.24, 2.45) is 11.1 Å². The van der Waals surface area contributed by atoms with Crippen molar-refractivity contribution in [3.8, 4) is 0 Å². The first-order valence-corrected chi connectivity index (χ1v) is 6.75. The molecule has 1 aliphatic carbocycles. The standard InChI is InChI=1S/C13H25N3O3/c1-9(11(17)15-7-8-19-3)16-12(18)13(2)6-4-5-10(13)14/h9-10H,4-8,14H2,1-3H3,(H,15,17)(H,16,18). The highest BCUT2D eigenvalue weighted by Crippen LogP contribution is 2.36. The molecule has 1 saturated carbocycles. The fourth-order valence-corrected chi connectivity index (χ4v) is 2.33. The zero-order valence-electron chi connectivity index (χ0n) is 12.0. The van der Waals surface area contributed by atoms with Crippen molar-refractivity contribution < 1.29 is 14.3 Å². The monoisotopic (exact) mass is 271 g/mol. The van der Waals surface area contributed by atoms with Gasteiger partial charge in [0.05, 0.1) is 12.0 Å². The van der Waals surface area contributed by atoms with Gasteiger partial charge in [-0.05, 0) is 26.7 Å². The number of carbonyl (C=O) groups is 2. The molecule has 0 aromatic carbocycles. The van der Waals surface area contributed by atoms with E-state index in [0.717, 1.165) is 19.3 Å². The van der Waals surface area contributed by atoms with Crippen LogP contribution in [0.1, 0.15) is 33.1 Å². The molecule has 0 bridgehead atoms. The molecule has 110 valence electrons. The van der Waals surface area contributed by atoms with E-state index in [-0.39, 0.29) is 17.9 Å². The number of rotatable bonds is 6. The molecule has 4 N–H and O–H groups in total. The Balaban J connectivity index is 2.45.